The summed E-state index contributed by atoms with van der Waals surface area (Å²) in [5.41, 5.74) is 0.791. The van der Waals surface area contributed by atoms with Crippen molar-refractivity contribution in [3.8, 4) is 0 Å². The summed E-state index contributed by atoms with van der Waals surface area (Å²) in [5.74, 6) is 0.00233. The topological polar surface area (TPSA) is 41.1 Å². The molecule has 1 aromatic rings. The summed E-state index contributed by atoms with van der Waals surface area (Å²) in [7, 11) is 0. The zero-order valence-electron chi connectivity index (χ0n) is 10.7. The Morgan fingerprint density at radius 2 is 2.21 bits per heavy atom. The highest BCUT2D eigenvalue weighted by Crippen LogP contribution is 2.19. The third kappa shape index (κ3) is 3.99. The minimum Gasteiger partial charge on any atom is -0.355 e. The first-order chi connectivity index (χ1) is 9.16. The quantitative estimate of drug-likeness (QED) is 0.880. The minimum atomic E-state index is -2.46. The van der Waals surface area contributed by atoms with Crippen LogP contribution >= 0.6 is 0 Å². The molecular formula is C14H18F2N2O. The Kier molecular flexibility index (Phi) is 4.85. The first-order valence-corrected chi connectivity index (χ1v) is 6.55. The lowest BCUT2D eigenvalue weighted by Crippen LogP contribution is -2.42. The Morgan fingerprint density at radius 1 is 1.37 bits per heavy atom. The van der Waals surface area contributed by atoms with Crippen LogP contribution in [0.15, 0.2) is 24.3 Å². The molecule has 1 saturated heterocycles. The van der Waals surface area contributed by atoms with E-state index in [1.165, 1.54) is 12.1 Å². The van der Waals surface area contributed by atoms with Crippen molar-refractivity contribution >= 4 is 5.91 Å². The van der Waals surface area contributed by atoms with Gasteiger partial charge in [-0.1, -0.05) is 18.2 Å². The number of carbonyl (C=O) groups excluding carboxylic acids is 1. The smallest absolute Gasteiger partial charge is 0.263 e. The fraction of sp³-hybridized carbons (Fsp3) is 0.500. The average molecular weight is 268 g/mol. The average Bonchev–Trinajstić information content (AvgIpc) is 2.61. The van der Waals surface area contributed by atoms with Crippen molar-refractivity contribution in [2.75, 3.05) is 6.54 Å². The van der Waals surface area contributed by atoms with Crippen LogP contribution in [0.25, 0.3) is 0 Å². The highest BCUT2D eigenvalue weighted by atomic mass is 19.3. The normalized spacial score (nSPS) is 20.2. The number of hydrogen-bond donors (Lipinski definition) is 2. The van der Waals surface area contributed by atoms with Crippen molar-refractivity contribution in [2.45, 2.75) is 38.3 Å². The first kappa shape index (κ1) is 13.9. The molecule has 0 radical (unpaired) electrons. The fourth-order valence-corrected chi connectivity index (χ4v) is 2.21. The van der Waals surface area contributed by atoms with E-state index in [9.17, 15) is 13.6 Å². The number of carbonyl (C=O) groups is 1. The lowest BCUT2D eigenvalue weighted by molar-refractivity contribution is -0.122. The molecule has 3 nitrogen and oxygen atoms in total. The van der Waals surface area contributed by atoms with Gasteiger partial charge >= 0.3 is 0 Å². The van der Waals surface area contributed by atoms with Crippen molar-refractivity contribution in [2.24, 2.45) is 0 Å². The van der Waals surface area contributed by atoms with Crippen LogP contribution in [0, 0.1) is 0 Å². The number of amides is 1. The maximum atomic E-state index is 12.6. The van der Waals surface area contributed by atoms with Gasteiger partial charge in [0.2, 0.25) is 5.91 Å². The van der Waals surface area contributed by atoms with Gasteiger partial charge in [-0.05, 0) is 30.9 Å². The van der Waals surface area contributed by atoms with Crippen molar-refractivity contribution in [1.29, 1.82) is 0 Å². The summed E-state index contributed by atoms with van der Waals surface area (Å²) < 4.78 is 25.1. The standard InChI is InChI=1S/C14H18F2N2O/c15-13(16)11-5-3-4-10(8-11)9-18-12-6-1-2-7-17-14(12)19/h3-5,8,12-13,18H,1-2,6-7,9H2,(H,17,19). The van der Waals surface area contributed by atoms with Gasteiger partial charge < -0.3 is 10.6 Å². The molecule has 1 amide bonds. The molecular weight excluding hydrogens is 250 g/mol. The van der Waals surface area contributed by atoms with Crippen LogP contribution < -0.4 is 10.6 Å². The number of nitrogens with one attached hydrogen (secondary N) is 2. The van der Waals surface area contributed by atoms with E-state index < -0.39 is 6.43 Å². The number of alkyl halides is 2. The van der Waals surface area contributed by atoms with Gasteiger partial charge in [-0.2, -0.15) is 0 Å². The Balaban J connectivity index is 1.94. The van der Waals surface area contributed by atoms with Crippen LogP contribution in [-0.2, 0) is 11.3 Å². The number of hydrogen-bond acceptors (Lipinski definition) is 2. The van der Waals surface area contributed by atoms with Crippen molar-refractivity contribution in [3.63, 3.8) is 0 Å². The molecule has 2 N–H and O–H groups in total. The van der Waals surface area contributed by atoms with E-state index in [1.54, 1.807) is 12.1 Å². The molecule has 1 aromatic carbocycles. The van der Waals surface area contributed by atoms with Crippen LogP contribution in [0.5, 0.6) is 0 Å². The Labute approximate surface area is 111 Å². The summed E-state index contributed by atoms with van der Waals surface area (Å²) in [6.07, 6.45) is 0.319. The Bertz CT molecular complexity index is 437. The molecule has 0 saturated carbocycles. The molecule has 0 bridgehead atoms. The molecule has 0 aromatic heterocycles. The number of rotatable bonds is 4. The maximum Gasteiger partial charge on any atom is 0.263 e. The summed E-state index contributed by atoms with van der Waals surface area (Å²) >= 11 is 0. The molecule has 19 heavy (non-hydrogen) atoms. The van der Waals surface area contributed by atoms with Crippen molar-refractivity contribution in [1.82, 2.24) is 10.6 Å². The first-order valence-electron chi connectivity index (χ1n) is 6.55. The Hall–Kier alpha value is -1.49. The van der Waals surface area contributed by atoms with E-state index in [4.69, 9.17) is 0 Å². The zero-order valence-corrected chi connectivity index (χ0v) is 10.7. The van der Waals surface area contributed by atoms with Crippen LogP contribution in [0.4, 0.5) is 8.78 Å². The second kappa shape index (κ2) is 6.61. The van der Waals surface area contributed by atoms with Gasteiger partial charge in [0.25, 0.3) is 6.43 Å². The molecule has 104 valence electrons. The maximum absolute atomic E-state index is 12.6. The van der Waals surface area contributed by atoms with Gasteiger partial charge in [0.1, 0.15) is 0 Å². The molecule has 0 spiro atoms. The third-order valence-corrected chi connectivity index (χ3v) is 3.29. The van der Waals surface area contributed by atoms with Gasteiger partial charge in [-0.3, -0.25) is 4.79 Å². The molecule has 0 aliphatic carbocycles. The molecule has 1 unspecified atom stereocenters. The Morgan fingerprint density at radius 3 is 3.00 bits per heavy atom. The van der Waals surface area contributed by atoms with Crippen molar-refractivity contribution < 1.29 is 13.6 Å². The largest absolute Gasteiger partial charge is 0.355 e. The fourth-order valence-electron chi connectivity index (χ4n) is 2.21. The van der Waals surface area contributed by atoms with E-state index >= 15 is 0 Å². The lowest BCUT2D eigenvalue weighted by atomic mass is 10.1. The van der Waals surface area contributed by atoms with E-state index in [0.29, 0.717) is 6.54 Å². The lowest BCUT2D eigenvalue weighted by Gasteiger charge is -2.15. The number of halogens is 2. The monoisotopic (exact) mass is 268 g/mol. The summed E-state index contributed by atoms with van der Waals surface area (Å²) in [5, 5.41) is 5.98. The molecule has 1 fully saturated rings. The molecule has 5 heteroatoms. The number of benzene rings is 1. The summed E-state index contributed by atoms with van der Waals surface area (Å²) in [4.78, 5) is 11.7. The third-order valence-electron chi connectivity index (χ3n) is 3.29. The van der Waals surface area contributed by atoms with Gasteiger partial charge in [0, 0.05) is 18.7 Å². The SMILES string of the molecule is O=C1NCCCCC1NCc1cccc(C(F)F)c1. The van der Waals surface area contributed by atoms with Crippen molar-refractivity contribution in [3.05, 3.63) is 35.4 Å². The van der Waals surface area contributed by atoms with Crippen LogP contribution in [0.1, 0.15) is 36.8 Å². The molecule has 1 aliphatic heterocycles. The van der Waals surface area contributed by atoms with Crippen LogP contribution in [0.2, 0.25) is 0 Å². The van der Waals surface area contributed by atoms with E-state index in [1.807, 2.05) is 0 Å². The van der Waals surface area contributed by atoms with E-state index in [0.717, 1.165) is 31.4 Å². The predicted octanol–water partition coefficient (Wildman–Crippen LogP) is 2.38. The molecule has 1 heterocycles. The summed E-state index contributed by atoms with van der Waals surface area (Å²) in [6.45, 7) is 1.15. The summed E-state index contributed by atoms with van der Waals surface area (Å²) in [6, 6.07) is 6.07. The van der Waals surface area contributed by atoms with E-state index in [2.05, 4.69) is 10.6 Å². The molecule has 2 rings (SSSR count). The van der Waals surface area contributed by atoms with E-state index in [-0.39, 0.29) is 17.5 Å². The zero-order chi connectivity index (χ0) is 13.7. The van der Waals surface area contributed by atoms with Gasteiger partial charge in [-0.15, -0.1) is 0 Å². The van der Waals surface area contributed by atoms with Crippen LogP contribution in [0.3, 0.4) is 0 Å². The van der Waals surface area contributed by atoms with Gasteiger partial charge in [-0.25, -0.2) is 8.78 Å². The minimum absolute atomic E-state index is 0.00233. The highest BCUT2D eigenvalue weighted by molar-refractivity contribution is 5.81. The predicted molar refractivity (Wildman–Crippen MR) is 68.9 cm³/mol. The molecule has 1 atom stereocenters. The second-order valence-corrected chi connectivity index (χ2v) is 4.77. The second-order valence-electron chi connectivity index (χ2n) is 4.77. The highest BCUT2D eigenvalue weighted by Gasteiger charge is 2.19. The van der Waals surface area contributed by atoms with Gasteiger partial charge in [0.05, 0.1) is 6.04 Å². The van der Waals surface area contributed by atoms with Gasteiger partial charge in [0.15, 0.2) is 0 Å². The molecule has 1 aliphatic rings. The van der Waals surface area contributed by atoms with Crippen LogP contribution in [-0.4, -0.2) is 18.5 Å².